The Morgan fingerprint density at radius 3 is 3.05 bits per heavy atom. The van der Waals surface area contributed by atoms with Crippen LogP contribution in [0.4, 0.5) is 5.82 Å². The number of aromatic nitrogens is 3. The number of aryl methyl sites for hydroxylation is 1. The molecule has 3 heterocycles. The van der Waals surface area contributed by atoms with Crippen molar-refractivity contribution in [3.05, 3.63) is 33.9 Å². The first-order valence-electron chi connectivity index (χ1n) is 6.58. The first-order valence-corrected chi connectivity index (χ1v) is 8.34. The number of thiophene rings is 1. The third-order valence-corrected chi connectivity index (χ3v) is 4.48. The van der Waals surface area contributed by atoms with E-state index in [9.17, 15) is 0 Å². The van der Waals surface area contributed by atoms with Gasteiger partial charge in [0.15, 0.2) is 0 Å². The third-order valence-electron chi connectivity index (χ3n) is 2.89. The van der Waals surface area contributed by atoms with Crippen LogP contribution in [0.25, 0.3) is 10.2 Å². The molecule has 3 rings (SSSR count). The second-order valence-electron chi connectivity index (χ2n) is 4.66. The molecule has 0 aliphatic heterocycles. The van der Waals surface area contributed by atoms with Crippen molar-refractivity contribution in [1.82, 2.24) is 15.0 Å². The van der Waals surface area contributed by atoms with Gasteiger partial charge in [-0.3, -0.25) is 0 Å². The Morgan fingerprint density at radius 2 is 2.24 bits per heavy atom. The molecule has 0 saturated carbocycles. The Kier molecular flexibility index (Phi) is 4.13. The number of hydrogen-bond donors (Lipinski definition) is 1. The lowest BCUT2D eigenvalue weighted by Crippen LogP contribution is -2.15. The predicted octanol–water partition coefficient (Wildman–Crippen LogP) is 3.70. The molecule has 0 aromatic carbocycles. The van der Waals surface area contributed by atoms with Gasteiger partial charge in [0.2, 0.25) is 0 Å². The van der Waals surface area contributed by atoms with Gasteiger partial charge in [0.05, 0.1) is 10.4 Å². The first-order chi connectivity index (χ1) is 10.2. The first kappa shape index (κ1) is 14.0. The highest BCUT2D eigenvalue weighted by Crippen LogP contribution is 2.24. The van der Waals surface area contributed by atoms with Crippen molar-refractivity contribution < 1.29 is 0 Å². The Hall–Kier alpha value is -1.97. The summed E-state index contributed by atoms with van der Waals surface area (Å²) in [4.78, 5) is 13.9. The second kappa shape index (κ2) is 6.20. The number of hydrogen-bond acceptors (Lipinski definition) is 6. The predicted molar refractivity (Wildman–Crippen MR) is 88.8 cm³/mol. The van der Waals surface area contributed by atoms with Crippen LogP contribution in [0.3, 0.4) is 0 Å². The molecule has 1 unspecified atom stereocenters. The van der Waals surface area contributed by atoms with Crippen LogP contribution in [0.2, 0.25) is 0 Å². The van der Waals surface area contributed by atoms with E-state index in [4.69, 9.17) is 0 Å². The highest BCUT2D eigenvalue weighted by molar-refractivity contribution is 7.16. The number of nitrogens with one attached hydrogen (secondary N) is 1. The zero-order chi connectivity index (χ0) is 14.7. The molecule has 0 aliphatic carbocycles. The maximum Gasteiger partial charge on any atom is 0.138 e. The molecule has 3 aromatic heterocycles. The van der Waals surface area contributed by atoms with E-state index in [1.54, 1.807) is 29.0 Å². The van der Waals surface area contributed by atoms with Gasteiger partial charge in [-0.15, -0.1) is 22.7 Å². The largest absolute Gasteiger partial charge is 0.366 e. The van der Waals surface area contributed by atoms with Crippen molar-refractivity contribution in [2.75, 3.05) is 5.32 Å². The maximum atomic E-state index is 4.33. The van der Waals surface area contributed by atoms with E-state index < -0.39 is 0 Å². The summed E-state index contributed by atoms with van der Waals surface area (Å²) in [5.41, 5.74) is 0.854. The summed E-state index contributed by atoms with van der Waals surface area (Å²) >= 11 is 3.24. The number of fused-ring (bicyclic) bond motifs is 1. The van der Waals surface area contributed by atoms with Crippen LogP contribution in [-0.4, -0.2) is 21.0 Å². The van der Waals surface area contributed by atoms with E-state index in [2.05, 4.69) is 39.0 Å². The summed E-state index contributed by atoms with van der Waals surface area (Å²) in [7, 11) is 0. The topological polar surface area (TPSA) is 50.7 Å². The Bertz CT molecular complexity index is 810. The van der Waals surface area contributed by atoms with E-state index in [0.717, 1.165) is 33.2 Å². The Balaban J connectivity index is 1.65. The van der Waals surface area contributed by atoms with Gasteiger partial charge in [-0.25, -0.2) is 15.0 Å². The lowest BCUT2D eigenvalue weighted by molar-refractivity contribution is 0.822. The van der Waals surface area contributed by atoms with Gasteiger partial charge in [0, 0.05) is 17.8 Å². The van der Waals surface area contributed by atoms with Gasteiger partial charge >= 0.3 is 0 Å². The van der Waals surface area contributed by atoms with Crippen LogP contribution in [-0.2, 0) is 0 Å². The average molecular weight is 314 g/mol. The molecule has 0 amide bonds. The van der Waals surface area contributed by atoms with Crippen molar-refractivity contribution in [3.63, 3.8) is 0 Å². The minimum atomic E-state index is 0.218. The smallest absolute Gasteiger partial charge is 0.138 e. The van der Waals surface area contributed by atoms with Gasteiger partial charge < -0.3 is 5.32 Å². The number of thiazole rings is 1. The molecule has 4 nitrogen and oxygen atoms in total. The van der Waals surface area contributed by atoms with Crippen molar-refractivity contribution in [1.29, 1.82) is 0 Å². The molecular weight excluding hydrogens is 300 g/mol. The van der Waals surface area contributed by atoms with Crippen molar-refractivity contribution >= 4 is 38.7 Å². The summed E-state index contributed by atoms with van der Waals surface area (Å²) in [6.45, 7) is 4.09. The molecule has 3 aromatic rings. The highest BCUT2D eigenvalue weighted by Gasteiger charge is 2.07. The monoisotopic (exact) mass is 314 g/mol. The van der Waals surface area contributed by atoms with E-state index in [0.29, 0.717) is 0 Å². The van der Waals surface area contributed by atoms with Gasteiger partial charge in [0.1, 0.15) is 22.7 Å². The normalized spacial score (nSPS) is 11.9. The SMILES string of the molecule is Cc1nc(C#CCC(C)Nc2ncnc3sccc23)cs1. The molecule has 106 valence electrons. The second-order valence-corrected chi connectivity index (χ2v) is 6.62. The van der Waals surface area contributed by atoms with E-state index in [1.165, 1.54) is 0 Å². The number of rotatable bonds is 3. The van der Waals surface area contributed by atoms with Crippen molar-refractivity contribution in [2.24, 2.45) is 0 Å². The molecule has 6 heteroatoms. The molecule has 0 radical (unpaired) electrons. The Labute approximate surface area is 131 Å². The van der Waals surface area contributed by atoms with Crippen molar-refractivity contribution in [3.8, 4) is 11.8 Å². The Morgan fingerprint density at radius 1 is 1.33 bits per heavy atom. The molecule has 0 aliphatic rings. The lowest BCUT2D eigenvalue weighted by atomic mass is 10.2. The number of anilines is 1. The summed E-state index contributed by atoms with van der Waals surface area (Å²) < 4.78 is 0. The fraction of sp³-hybridized carbons (Fsp3) is 0.267. The molecule has 1 atom stereocenters. The fourth-order valence-electron chi connectivity index (χ4n) is 1.91. The van der Waals surface area contributed by atoms with E-state index >= 15 is 0 Å². The number of nitrogens with zero attached hydrogens (tertiary/aromatic N) is 3. The molecule has 0 fully saturated rings. The minimum absolute atomic E-state index is 0.218. The summed E-state index contributed by atoms with van der Waals surface area (Å²) in [6, 6.07) is 2.26. The summed E-state index contributed by atoms with van der Waals surface area (Å²) in [6.07, 6.45) is 2.34. The standard InChI is InChI=1S/C15H14N4S2/c1-10(4-3-5-12-8-21-11(2)19-12)18-14-13-6-7-20-15(13)17-9-16-14/h6-10H,4H2,1-2H3,(H,16,17,18). The van der Waals surface area contributed by atoms with Gasteiger partial charge in [-0.1, -0.05) is 5.92 Å². The zero-order valence-corrected chi connectivity index (χ0v) is 13.4. The molecule has 0 bridgehead atoms. The van der Waals surface area contributed by atoms with E-state index in [1.807, 2.05) is 23.8 Å². The van der Waals surface area contributed by atoms with Crippen LogP contribution in [0.15, 0.2) is 23.2 Å². The summed E-state index contributed by atoms with van der Waals surface area (Å²) in [5.74, 6) is 7.14. The van der Waals surface area contributed by atoms with Crippen LogP contribution in [0.1, 0.15) is 24.0 Å². The van der Waals surface area contributed by atoms with Crippen LogP contribution >= 0.6 is 22.7 Å². The lowest BCUT2D eigenvalue weighted by Gasteiger charge is -2.11. The van der Waals surface area contributed by atoms with E-state index in [-0.39, 0.29) is 6.04 Å². The highest BCUT2D eigenvalue weighted by atomic mass is 32.1. The maximum absolute atomic E-state index is 4.33. The molecule has 0 spiro atoms. The average Bonchev–Trinajstić information content (AvgIpc) is 3.08. The van der Waals surface area contributed by atoms with Crippen LogP contribution in [0.5, 0.6) is 0 Å². The summed E-state index contributed by atoms with van der Waals surface area (Å²) in [5, 5.41) is 9.53. The van der Waals surface area contributed by atoms with Gasteiger partial charge in [0.25, 0.3) is 0 Å². The van der Waals surface area contributed by atoms with Gasteiger partial charge in [-0.05, 0) is 31.2 Å². The zero-order valence-electron chi connectivity index (χ0n) is 11.8. The fourth-order valence-corrected chi connectivity index (χ4v) is 3.18. The molecule has 1 N–H and O–H groups in total. The van der Waals surface area contributed by atoms with Gasteiger partial charge in [-0.2, -0.15) is 0 Å². The minimum Gasteiger partial charge on any atom is -0.366 e. The van der Waals surface area contributed by atoms with Crippen LogP contribution in [0, 0.1) is 18.8 Å². The third kappa shape index (κ3) is 3.38. The molecule has 0 saturated heterocycles. The molecule has 21 heavy (non-hydrogen) atoms. The molecular formula is C15H14N4S2. The van der Waals surface area contributed by atoms with Crippen LogP contribution < -0.4 is 5.32 Å². The van der Waals surface area contributed by atoms with Crippen molar-refractivity contribution in [2.45, 2.75) is 26.3 Å². The quantitative estimate of drug-likeness (QED) is 0.749.